The third-order valence-electron chi connectivity index (χ3n) is 2.40. The lowest BCUT2D eigenvalue weighted by molar-refractivity contribution is 0.282. The minimum absolute atomic E-state index is 0.0826. The summed E-state index contributed by atoms with van der Waals surface area (Å²) in [7, 11) is 0. The fourth-order valence-electron chi connectivity index (χ4n) is 1.62. The number of rotatable bonds is 2. The van der Waals surface area contributed by atoms with Crippen molar-refractivity contribution in [2.45, 2.75) is 20.5 Å². The van der Waals surface area contributed by atoms with Crippen LogP contribution in [0.3, 0.4) is 0 Å². The molecule has 0 unspecified atom stereocenters. The van der Waals surface area contributed by atoms with E-state index in [0.717, 1.165) is 22.4 Å². The second-order valence-electron chi connectivity index (χ2n) is 3.74. The third kappa shape index (κ3) is 1.92. The van der Waals surface area contributed by atoms with Crippen LogP contribution in [0.15, 0.2) is 30.6 Å². The highest BCUT2D eigenvalue weighted by molar-refractivity contribution is 5.42. The molecule has 0 aliphatic rings. The highest BCUT2D eigenvalue weighted by Crippen LogP contribution is 2.15. The summed E-state index contributed by atoms with van der Waals surface area (Å²) in [5.41, 5.74) is 4.24. The maximum absolute atomic E-state index is 9.01. The SMILES string of the molecule is Cc1cnn(-c2ccc(CO)cc2C)c1. The second-order valence-corrected chi connectivity index (χ2v) is 3.74. The van der Waals surface area contributed by atoms with Gasteiger partial charge < -0.3 is 5.11 Å². The number of aromatic nitrogens is 2. The number of hydrogen-bond donors (Lipinski definition) is 1. The molecule has 0 aliphatic heterocycles. The standard InChI is InChI=1S/C12H14N2O/c1-9-6-13-14(7-9)12-4-3-11(8-15)5-10(12)2/h3-7,15H,8H2,1-2H3. The van der Waals surface area contributed by atoms with Gasteiger partial charge in [0, 0.05) is 6.20 Å². The van der Waals surface area contributed by atoms with Crippen LogP contribution >= 0.6 is 0 Å². The highest BCUT2D eigenvalue weighted by atomic mass is 16.3. The molecule has 0 saturated carbocycles. The Morgan fingerprint density at radius 3 is 2.67 bits per heavy atom. The van der Waals surface area contributed by atoms with Crippen LogP contribution in [0.2, 0.25) is 0 Å². The van der Waals surface area contributed by atoms with Gasteiger partial charge in [-0.15, -0.1) is 0 Å². The molecule has 1 heterocycles. The molecule has 0 fully saturated rings. The molecule has 15 heavy (non-hydrogen) atoms. The van der Waals surface area contributed by atoms with Crippen LogP contribution < -0.4 is 0 Å². The fourth-order valence-corrected chi connectivity index (χ4v) is 1.62. The number of aryl methyl sites for hydroxylation is 2. The van der Waals surface area contributed by atoms with Crippen LogP contribution in [0.25, 0.3) is 5.69 Å². The van der Waals surface area contributed by atoms with Gasteiger partial charge in [-0.05, 0) is 36.6 Å². The number of benzene rings is 1. The lowest BCUT2D eigenvalue weighted by Gasteiger charge is -2.07. The maximum atomic E-state index is 9.01. The van der Waals surface area contributed by atoms with Gasteiger partial charge >= 0.3 is 0 Å². The molecule has 0 spiro atoms. The van der Waals surface area contributed by atoms with Gasteiger partial charge in [-0.3, -0.25) is 0 Å². The quantitative estimate of drug-likeness (QED) is 0.808. The topological polar surface area (TPSA) is 38.0 Å². The molecular formula is C12H14N2O. The van der Waals surface area contributed by atoms with E-state index in [-0.39, 0.29) is 6.61 Å². The molecule has 2 rings (SSSR count). The molecule has 0 bridgehead atoms. The van der Waals surface area contributed by atoms with Crippen molar-refractivity contribution in [2.75, 3.05) is 0 Å². The van der Waals surface area contributed by atoms with Crippen molar-refractivity contribution in [3.05, 3.63) is 47.3 Å². The fraction of sp³-hybridized carbons (Fsp3) is 0.250. The first-order valence-corrected chi connectivity index (χ1v) is 4.93. The monoisotopic (exact) mass is 202 g/mol. The minimum atomic E-state index is 0.0826. The van der Waals surface area contributed by atoms with Crippen LogP contribution in [0.5, 0.6) is 0 Å². The van der Waals surface area contributed by atoms with Crippen molar-refractivity contribution >= 4 is 0 Å². The summed E-state index contributed by atoms with van der Waals surface area (Å²) in [5.74, 6) is 0. The smallest absolute Gasteiger partial charge is 0.0681 e. The summed E-state index contributed by atoms with van der Waals surface area (Å²) in [6, 6.07) is 5.87. The summed E-state index contributed by atoms with van der Waals surface area (Å²) in [6.07, 6.45) is 3.82. The Morgan fingerprint density at radius 1 is 1.33 bits per heavy atom. The van der Waals surface area contributed by atoms with Gasteiger partial charge in [-0.1, -0.05) is 12.1 Å². The Kier molecular flexibility index (Phi) is 2.56. The van der Waals surface area contributed by atoms with Gasteiger partial charge in [0.2, 0.25) is 0 Å². The zero-order chi connectivity index (χ0) is 10.8. The molecular weight excluding hydrogens is 188 g/mol. The average Bonchev–Trinajstić information content (AvgIpc) is 2.64. The molecule has 0 atom stereocenters. The van der Waals surface area contributed by atoms with E-state index < -0.39 is 0 Å². The molecule has 3 nitrogen and oxygen atoms in total. The van der Waals surface area contributed by atoms with Crippen molar-refractivity contribution in [3.63, 3.8) is 0 Å². The van der Waals surface area contributed by atoms with Crippen molar-refractivity contribution in [1.29, 1.82) is 0 Å². The van der Waals surface area contributed by atoms with Crippen molar-refractivity contribution in [2.24, 2.45) is 0 Å². The van der Waals surface area contributed by atoms with E-state index in [1.54, 1.807) is 0 Å². The Balaban J connectivity index is 2.45. The van der Waals surface area contributed by atoms with Crippen LogP contribution in [-0.2, 0) is 6.61 Å². The molecule has 2 aromatic rings. The van der Waals surface area contributed by atoms with Gasteiger partial charge in [0.25, 0.3) is 0 Å². The first-order chi connectivity index (χ1) is 7.20. The molecule has 0 amide bonds. The number of aliphatic hydroxyl groups is 1. The first-order valence-electron chi connectivity index (χ1n) is 4.93. The molecule has 1 aromatic carbocycles. The molecule has 0 aliphatic carbocycles. The number of aliphatic hydroxyl groups excluding tert-OH is 1. The van der Waals surface area contributed by atoms with Crippen LogP contribution in [0, 0.1) is 13.8 Å². The third-order valence-corrected chi connectivity index (χ3v) is 2.40. The lowest BCUT2D eigenvalue weighted by Crippen LogP contribution is -1.98. The zero-order valence-electron chi connectivity index (χ0n) is 8.94. The van der Waals surface area contributed by atoms with Crippen molar-refractivity contribution in [3.8, 4) is 5.69 Å². The Morgan fingerprint density at radius 2 is 2.13 bits per heavy atom. The number of nitrogens with zero attached hydrogens (tertiary/aromatic N) is 2. The van der Waals surface area contributed by atoms with Gasteiger partial charge in [0.05, 0.1) is 18.5 Å². The summed E-state index contributed by atoms with van der Waals surface area (Å²) in [6.45, 7) is 4.12. The van der Waals surface area contributed by atoms with Crippen LogP contribution in [-0.4, -0.2) is 14.9 Å². The van der Waals surface area contributed by atoms with E-state index in [1.807, 2.05) is 49.1 Å². The predicted octanol–water partition coefficient (Wildman–Crippen LogP) is 1.98. The largest absolute Gasteiger partial charge is 0.392 e. The predicted molar refractivity (Wildman–Crippen MR) is 59.0 cm³/mol. The zero-order valence-corrected chi connectivity index (χ0v) is 8.94. The average molecular weight is 202 g/mol. The first kappa shape index (κ1) is 9.93. The Labute approximate surface area is 89.0 Å². The molecule has 1 aromatic heterocycles. The van der Waals surface area contributed by atoms with Gasteiger partial charge in [0.1, 0.15) is 0 Å². The maximum Gasteiger partial charge on any atom is 0.0681 e. The molecule has 0 radical (unpaired) electrons. The highest BCUT2D eigenvalue weighted by Gasteiger charge is 2.02. The summed E-state index contributed by atoms with van der Waals surface area (Å²) < 4.78 is 1.85. The van der Waals surface area contributed by atoms with Gasteiger partial charge in [-0.25, -0.2) is 4.68 Å². The van der Waals surface area contributed by atoms with Crippen molar-refractivity contribution in [1.82, 2.24) is 9.78 Å². The van der Waals surface area contributed by atoms with E-state index in [1.165, 1.54) is 0 Å². The summed E-state index contributed by atoms with van der Waals surface area (Å²) in [5, 5.41) is 13.3. The Hall–Kier alpha value is -1.61. The normalized spacial score (nSPS) is 10.6. The van der Waals surface area contributed by atoms with E-state index in [9.17, 15) is 0 Å². The van der Waals surface area contributed by atoms with Crippen LogP contribution in [0.4, 0.5) is 0 Å². The van der Waals surface area contributed by atoms with E-state index in [2.05, 4.69) is 5.10 Å². The van der Waals surface area contributed by atoms with E-state index >= 15 is 0 Å². The second kappa shape index (κ2) is 3.87. The molecule has 3 heteroatoms. The Bertz CT molecular complexity index is 474. The summed E-state index contributed by atoms with van der Waals surface area (Å²) >= 11 is 0. The lowest BCUT2D eigenvalue weighted by atomic mass is 10.1. The molecule has 78 valence electrons. The molecule has 0 saturated heterocycles. The number of hydrogen-bond acceptors (Lipinski definition) is 2. The van der Waals surface area contributed by atoms with E-state index in [4.69, 9.17) is 5.11 Å². The van der Waals surface area contributed by atoms with E-state index in [0.29, 0.717) is 0 Å². The van der Waals surface area contributed by atoms with Crippen molar-refractivity contribution < 1.29 is 5.11 Å². The summed E-state index contributed by atoms with van der Waals surface area (Å²) in [4.78, 5) is 0. The molecule has 1 N–H and O–H groups in total. The van der Waals surface area contributed by atoms with Crippen LogP contribution in [0.1, 0.15) is 16.7 Å². The van der Waals surface area contributed by atoms with Gasteiger partial charge in [0.15, 0.2) is 0 Å². The minimum Gasteiger partial charge on any atom is -0.392 e. The van der Waals surface area contributed by atoms with Gasteiger partial charge in [-0.2, -0.15) is 5.10 Å².